The van der Waals surface area contributed by atoms with Gasteiger partial charge in [0.05, 0.1) is 0 Å². The molecule has 0 aromatic heterocycles. The number of phenolic OH excluding ortho intramolecular Hbond substituents is 1. The molecule has 7 heteroatoms. The van der Waals surface area contributed by atoms with Crippen LogP contribution in [0.5, 0.6) is 5.75 Å². The van der Waals surface area contributed by atoms with Crippen LogP contribution in [-0.4, -0.2) is 15.5 Å². The molecular formula is C6H8N2O5. The lowest BCUT2D eigenvalue weighted by Gasteiger charge is -1.82. The highest BCUT2D eigenvalue weighted by Crippen LogP contribution is 2.02. The molecule has 0 spiro atoms. The summed E-state index contributed by atoms with van der Waals surface area (Å²) in [5, 5.41) is 24.4. The van der Waals surface area contributed by atoms with Gasteiger partial charge >= 0.3 is 0 Å². The summed E-state index contributed by atoms with van der Waals surface area (Å²) in [5.74, 6) is 0.322. The van der Waals surface area contributed by atoms with E-state index in [0.717, 1.165) is 0 Å². The molecule has 0 radical (unpaired) electrons. The molecule has 0 saturated carbocycles. The number of aromatic hydroxyl groups is 1. The lowest BCUT2D eigenvalue weighted by molar-refractivity contribution is 0.312. The van der Waals surface area contributed by atoms with Crippen LogP contribution in [0.3, 0.4) is 0 Å². The van der Waals surface area contributed by atoms with Crippen molar-refractivity contribution in [2.45, 2.75) is 0 Å². The third-order valence-electron chi connectivity index (χ3n) is 0.756. The second-order valence-corrected chi connectivity index (χ2v) is 1.50. The Morgan fingerprint density at radius 2 is 1.23 bits per heavy atom. The lowest BCUT2D eigenvalue weighted by Crippen LogP contribution is -1.56. The van der Waals surface area contributed by atoms with Gasteiger partial charge in [0.15, 0.2) is 10.7 Å². The highest BCUT2D eigenvalue weighted by Gasteiger charge is 1.74. The van der Waals surface area contributed by atoms with Crippen LogP contribution in [0.1, 0.15) is 0 Å². The van der Waals surface area contributed by atoms with E-state index >= 15 is 0 Å². The third-order valence-corrected chi connectivity index (χ3v) is 0.756. The second-order valence-electron chi connectivity index (χ2n) is 1.50. The second kappa shape index (κ2) is 12.5. The van der Waals surface area contributed by atoms with Gasteiger partial charge in [0.2, 0.25) is 0 Å². The van der Waals surface area contributed by atoms with Crippen molar-refractivity contribution in [3.63, 3.8) is 0 Å². The first-order chi connectivity index (χ1) is 6.22. The molecule has 1 aromatic rings. The molecule has 0 unspecified atom stereocenters. The molecule has 0 bridgehead atoms. The van der Waals surface area contributed by atoms with E-state index in [1.54, 1.807) is 24.3 Å². The molecule has 0 aliphatic heterocycles. The van der Waals surface area contributed by atoms with Gasteiger partial charge in [-0.1, -0.05) is 18.2 Å². The Morgan fingerprint density at radius 3 is 1.38 bits per heavy atom. The standard InChI is InChI=1S/C6H6O.2HNO2/c7-6-4-2-1-3-5-6;2*2-1-3/h1-5,7H;2*(H,2,3). The van der Waals surface area contributed by atoms with E-state index in [1.165, 1.54) is 10.7 Å². The summed E-state index contributed by atoms with van der Waals surface area (Å²) >= 11 is 0. The fraction of sp³-hybridized carbons (Fsp3) is 0. The minimum atomic E-state index is 0.322. The van der Waals surface area contributed by atoms with Crippen LogP contribution in [0, 0.1) is 9.81 Å². The normalized spacial score (nSPS) is 6.46. The molecular weight excluding hydrogens is 180 g/mol. The molecule has 7 nitrogen and oxygen atoms in total. The smallest absolute Gasteiger partial charge is 0.152 e. The quantitative estimate of drug-likeness (QED) is 0.422. The van der Waals surface area contributed by atoms with Crippen LogP contribution in [0.4, 0.5) is 0 Å². The van der Waals surface area contributed by atoms with Gasteiger partial charge in [0.25, 0.3) is 0 Å². The zero-order valence-electron chi connectivity index (χ0n) is 6.44. The number of hydrogen-bond donors (Lipinski definition) is 3. The molecule has 0 atom stereocenters. The number of benzene rings is 1. The molecule has 0 fully saturated rings. The highest BCUT2D eigenvalue weighted by atomic mass is 16.6. The van der Waals surface area contributed by atoms with Crippen LogP contribution in [0.25, 0.3) is 0 Å². The van der Waals surface area contributed by atoms with Gasteiger partial charge in [-0.2, -0.15) is 0 Å². The summed E-state index contributed by atoms with van der Waals surface area (Å²) in [5.41, 5.74) is 0. The average molecular weight is 188 g/mol. The van der Waals surface area contributed by atoms with Crippen LogP contribution >= 0.6 is 0 Å². The fourth-order valence-corrected chi connectivity index (χ4v) is 0.428. The Balaban J connectivity index is 0. The summed E-state index contributed by atoms with van der Waals surface area (Å²) in [7, 11) is 0. The minimum Gasteiger partial charge on any atom is -0.508 e. The van der Waals surface area contributed by atoms with Gasteiger partial charge in [-0.3, -0.25) is 0 Å². The summed E-state index contributed by atoms with van der Waals surface area (Å²) in [6, 6.07) is 8.71. The monoisotopic (exact) mass is 188 g/mol. The Labute approximate surface area is 73.1 Å². The molecule has 1 aromatic carbocycles. The van der Waals surface area contributed by atoms with E-state index in [-0.39, 0.29) is 0 Å². The maximum absolute atomic E-state index is 8.63. The number of phenols is 1. The summed E-state index contributed by atoms with van der Waals surface area (Å²) < 4.78 is 0. The predicted molar refractivity (Wildman–Crippen MR) is 43.3 cm³/mol. The summed E-state index contributed by atoms with van der Waals surface area (Å²) in [6.07, 6.45) is 0. The zero-order valence-corrected chi connectivity index (χ0v) is 6.44. The van der Waals surface area contributed by atoms with Crippen molar-refractivity contribution in [3.8, 4) is 5.75 Å². The highest BCUT2D eigenvalue weighted by molar-refractivity contribution is 5.18. The van der Waals surface area contributed by atoms with Crippen molar-refractivity contribution in [1.29, 1.82) is 0 Å². The van der Waals surface area contributed by atoms with Gasteiger partial charge in [-0.15, -0.1) is 9.81 Å². The first kappa shape index (κ1) is 13.4. The Hall–Kier alpha value is -2.18. The Bertz CT molecular complexity index is 210. The summed E-state index contributed by atoms with van der Waals surface area (Å²) in [6.45, 7) is 0. The topological polar surface area (TPSA) is 120 Å². The molecule has 0 amide bonds. The van der Waals surface area contributed by atoms with Crippen molar-refractivity contribution in [1.82, 2.24) is 0 Å². The fourth-order valence-electron chi connectivity index (χ4n) is 0.428. The zero-order chi connectivity index (χ0) is 10.5. The van der Waals surface area contributed by atoms with E-state index < -0.39 is 0 Å². The molecule has 0 saturated heterocycles. The maximum Gasteiger partial charge on any atom is 0.152 e. The Morgan fingerprint density at radius 1 is 0.923 bits per heavy atom. The first-order valence-corrected chi connectivity index (χ1v) is 2.90. The van der Waals surface area contributed by atoms with E-state index in [2.05, 4.69) is 0 Å². The number of nitrogens with zero attached hydrogens (tertiary/aromatic N) is 2. The van der Waals surface area contributed by atoms with Gasteiger partial charge in [-0.25, -0.2) is 0 Å². The molecule has 13 heavy (non-hydrogen) atoms. The summed E-state index contributed by atoms with van der Waals surface area (Å²) in [4.78, 5) is 16.2. The van der Waals surface area contributed by atoms with Crippen molar-refractivity contribution < 1.29 is 15.5 Å². The number of hydrogen-bond acceptors (Lipinski definition) is 5. The largest absolute Gasteiger partial charge is 0.508 e. The molecule has 0 aliphatic carbocycles. The molecule has 0 heterocycles. The van der Waals surface area contributed by atoms with Gasteiger partial charge in [-0.05, 0) is 12.1 Å². The van der Waals surface area contributed by atoms with Crippen molar-refractivity contribution >= 4 is 0 Å². The van der Waals surface area contributed by atoms with E-state index in [1.807, 2.05) is 6.07 Å². The van der Waals surface area contributed by atoms with E-state index in [9.17, 15) is 0 Å². The molecule has 1 rings (SSSR count). The number of para-hydroxylation sites is 1. The van der Waals surface area contributed by atoms with Crippen LogP contribution in [-0.2, 0) is 0 Å². The molecule has 3 N–H and O–H groups in total. The van der Waals surface area contributed by atoms with Crippen molar-refractivity contribution in [3.05, 3.63) is 40.1 Å². The van der Waals surface area contributed by atoms with Gasteiger partial charge < -0.3 is 15.5 Å². The molecule has 72 valence electrons. The lowest BCUT2D eigenvalue weighted by atomic mass is 10.3. The first-order valence-electron chi connectivity index (χ1n) is 2.90. The van der Waals surface area contributed by atoms with Gasteiger partial charge in [0.1, 0.15) is 5.75 Å². The predicted octanol–water partition coefficient (Wildman–Crippen LogP) is 1.68. The molecule has 0 aliphatic rings. The van der Waals surface area contributed by atoms with Crippen LogP contribution in [0.2, 0.25) is 0 Å². The van der Waals surface area contributed by atoms with Crippen LogP contribution in [0.15, 0.2) is 41.0 Å². The van der Waals surface area contributed by atoms with Crippen molar-refractivity contribution in [2.75, 3.05) is 0 Å². The average Bonchev–Trinajstić information content (AvgIpc) is 2.08. The third kappa shape index (κ3) is 17.7. The van der Waals surface area contributed by atoms with E-state index in [4.69, 9.17) is 25.3 Å². The number of rotatable bonds is 0. The van der Waals surface area contributed by atoms with Crippen LogP contribution < -0.4 is 0 Å². The Kier molecular flexibility index (Phi) is 12.9. The SMILES string of the molecule is O=NO.O=NO.Oc1ccccc1. The maximum atomic E-state index is 8.63. The van der Waals surface area contributed by atoms with Gasteiger partial charge in [0, 0.05) is 0 Å². The van der Waals surface area contributed by atoms with E-state index in [0.29, 0.717) is 5.75 Å². The van der Waals surface area contributed by atoms with Crippen molar-refractivity contribution in [2.24, 2.45) is 10.7 Å². The minimum absolute atomic E-state index is 0.322.